The Morgan fingerprint density at radius 2 is 1.69 bits per heavy atom. The summed E-state index contributed by atoms with van der Waals surface area (Å²) in [5.74, 6) is -1.77. The Hall–Kier alpha value is -2.92. The average molecular weight is 449 g/mol. The van der Waals surface area contributed by atoms with Crippen molar-refractivity contribution >= 4 is 40.5 Å². The summed E-state index contributed by atoms with van der Waals surface area (Å²) in [6.07, 6.45) is 3.71. The molecule has 0 spiro atoms. The number of para-hydroxylation sites is 1. The second kappa shape index (κ2) is 7.89. The van der Waals surface area contributed by atoms with Crippen LogP contribution >= 0.6 is 11.6 Å². The molecule has 2 aromatic carbocycles. The third-order valence-corrected chi connectivity index (χ3v) is 7.23. The Balaban J connectivity index is 1.64. The summed E-state index contributed by atoms with van der Waals surface area (Å²) >= 11 is 6.03. The van der Waals surface area contributed by atoms with Gasteiger partial charge in [-0.2, -0.15) is 0 Å². The average Bonchev–Trinajstić information content (AvgIpc) is 3.25. The highest BCUT2D eigenvalue weighted by molar-refractivity contribution is 6.30. The van der Waals surface area contributed by atoms with Gasteiger partial charge in [0, 0.05) is 28.4 Å². The molecule has 2 amide bonds. The molecule has 2 aromatic rings. The largest absolute Gasteiger partial charge is 0.352 e. The molecular weight excluding hydrogens is 424 g/mol. The molecule has 0 aliphatic carbocycles. The summed E-state index contributed by atoms with van der Waals surface area (Å²) in [6.45, 7) is 4.47. The van der Waals surface area contributed by atoms with Crippen molar-refractivity contribution in [3.8, 4) is 0 Å². The Bertz CT molecular complexity index is 1140. The number of allylic oxidation sites excluding steroid dienone is 1. The van der Waals surface area contributed by atoms with Gasteiger partial charge < -0.3 is 4.90 Å². The molecule has 0 aromatic heterocycles. The minimum atomic E-state index is -0.736. The summed E-state index contributed by atoms with van der Waals surface area (Å²) in [5, 5.41) is 0.545. The topological polar surface area (TPSA) is 57.7 Å². The molecule has 0 unspecified atom stereocenters. The van der Waals surface area contributed by atoms with Crippen LogP contribution in [0.1, 0.15) is 42.6 Å². The van der Waals surface area contributed by atoms with Crippen LogP contribution in [0, 0.1) is 11.8 Å². The number of unbranched alkanes of at least 4 members (excludes halogenated alkanes) is 1. The van der Waals surface area contributed by atoms with Gasteiger partial charge in [0.2, 0.25) is 11.8 Å². The first-order chi connectivity index (χ1) is 15.4. The van der Waals surface area contributed by atoms with Crippen LogP contribution in [0.25, 0.3) is 5.57 Å². The summed E-state index contributed by atoms with van der Waals surface area (Å²) in [6, 6.07) is 13.6. The number of carbonyl (C=O) groups excluding carboxylic acids is 3. The number of nitrogens with zero attached hydrogens (tertiary/aromatic N) is 2. The SMILES string of the molecule is CCCCN1C(=O)[C@H]2[C@H](C1=O)[C@H](C(=O)c1ccc(Cl)cc1)N1c3ccccc3C(C)=C[C@H]21. The fourth-order valence-corrected chi connectivity index (χ4v) is 5.61. The molecule has 2 saturated heterocycles. The molecule has 164 valence electrons. The van der Waals surface area contributed by atoms with E-state index in [1.165, 1.54) is 4.90 Å². The van der Waals surface area contributed by atoms with Crippen molar-refractivity contribution in [2.45, 2.75) is 38.8 Å². The van der Waals surface area contributed by atoms with Crippen LogP contribution in [0.3, 0.4) is 0 Å². The van der Waals surface area contributed by atoms with E-state index in [4.69, 9.17) is 11.6 Å². The van der Waals surface area contributed by atoms with Gasteiger partial charge in [0.15, 0.2) is 5.78 Å². The summed E-state index contributed by atoms with van der Waals surface area (Å²) in [7, 11) is 0. The number of benzene rings is 2. The Labute approximate surface area is 192 Å². The van der Waals surface area contributed by atoms with E-state index in [-0.39, 0.29) is 23.6 Å². The van der Waals surface area contributed by atoms with Crippen molar-refractivity contribution in [2.75, 3.05) is 11.4 Å². The highest BCUT2D eigenvalue weighted by atomic mass is 35.5. The standard InChI is InChI=1S/C26H25ClN2O3/c1-3-4-13-28-25(31)21-20-14-15(2)18-7-5-6-8-19(18)29(20)23(22(21)26(28)32)24(30)16-9-11-17(27)12-10-16/h5-12,14,20-23H,3-4,13H2,1-2H3/t20-,21-,22+,23-/m1/s1. The molecule has 3 aliphatic rings. The van der Waals surface area contributed by atoms with E-state index >= 15 is 0 Å². The second-order valence-electron chi connectivity index (χ2n) is 8.81. The zero-order valence-corrected chi connectivity index (χ0v) is 18.9. The van der Waals surface area contributed by atoms with Crippen LogP contribution in [-0.2, 0) is 9.59 Å². The Morgan fingerprint density at radius 3 is 2.41 bits per heavy atom. The van der Waals surface area contributed by atoms with Crippen LogP contribution in [-0.4, -0.2) is 41.1 Å². The van der Waals surface area contributed by atoms with Crippen molar-refractivity contribution in [3.05, 3.63) is 70.8 Å². The number of hydrogen-bond donors (Lipinski definition) is 0. The number of carbonyl (C=O) groups is 3. The number of hydrogen-bond acceptors (Lipinski definition) is 4. The lowest BCUT2D eigenvalue weighted by Gasteiger charge is -2.38. The minimum Gasteiger partial charge on any atom is -0.352 e. The summed E-state index contributed by atoms with van der Waals surface area (Å²) in [4.78, 5) is 44.2. The number of anilines is 1. The van der Waals surface area contributed by atoms with E-state index in [2.05, 4.69) is 6.08 Å². The molecule has 0 N–H and O–H groups in total. The van der Waals surface area contributed by atoms with Crippen molar-refractivity contribution in [2.24, 2.45) is 11.8 Å². The molecule has 3 heterocycles. The molecule has 32 heavy (non-hydrogen) atoms. The lowest BCUT2D eigenvalue weighted by molar-refractivity contribution is -0.140. The van der Waals surface area contributed by atoms with Gasteiger partial charge in [-0.15, -0.1) is 0 Å². The molecule has 4 atom stereocenters. The van der Waals surface area contributed by atoms with Gasteiger partial charge in [-0.1, -0.05) is 49.2 Å². The Kier molecular flexibility index (Phi) is 5.17. The zero-order valence-electron chi connectivity index (χ0n) is 18.1. The first-order valence-electron chi connectivity index (χ1n) is 11.1. The number of imide groups is 1. The number of ketones is 1. The molecular formula is C26H25ClN2O3. The zero-order chi connectivity index (χ0) is 22.6. The number of rotatable bonds is 5. The molecule has 3 aliphatic heterocycles. The number of amides is 2. The molecule has 0 saturated carbocycles. The number of fused-ring (bicyclic) bond motifs is 5. The summed E-state index contributed by atoms with van der Waals surface area (Å²) < 4.78 is 0. The van der Waals surface area contributed by atoms with E-state index in [1.807, 2.05) is 43.0 Å². The molecule has 0 bridgehead atoms. The maximum atomic E-state index is 13.8. The van der Waals surface area contributed by atoms with E-state index in [9.17, 15) is 14.4 Å². The van der Waals surface area contributed by atoms with Gasteiger partial charge >= 0.3 is 0 Å². The van der Waals surface area contributed by atoms with Crippen LogP contribution in [0.15, 0.2) is 54.6 Å². The van der Waals surface area contributed by atoms with Gasteiger partial charge in [0.1, 0.15) is 6.04 Å². The van der Waals surface area contributed by atoms with Crippen molar-refractivity contribution in [3.63, 3.8) is 0 Å². The molecule has 5 nitrogen and oxygen atoms in total. The second-order valence-corrected chi connectivity index (χ2v) is 9.25. The summed E-state index contributed by atoms with van der Waals surface area (Å²) in [5.41, 5.74) is 3.49. The van der Waals surface area contributed by atoms with Crippen molar-refractivity contribution in [1.29, 1.82) is 0 Å². The lowest BCUT2D eigenvalue weighted by atomic mass is 9.85. The van der Waals surface area contributed by atoms with E-state index in [0.29, 0.717) is 17.1 Å². The van der Waals surface area contributed by atoms with Crippen LogP contribution in [0.5, 0.6) is 0 Å². The van der Waals surface area contributed by atoms with Gasteiger partial charge in [0.25, 0.3) is 0 Å². The number of likely N-dealkylation sites (tertiary alicyclic amines) is 1. The van der Waals surface area contributed by atoms with E-state index in [0.717, 1.165) is 29.7 Å². The maximum absolute atomic E-state index is 13.8. The number of Topliss-reactive ketones (excluding diaryl/α,β-unsaturated/α-hetero) is 1. The van der Waals surface area contributed by atoms with E-state index < -0.39 is 17.9 Å². The molecule has 2 fully saturated rings. The van der Waals surface area contributed by atoms with Gasteiger partial charge in [-0.25, -0.2) is 0 Å². The quantitative estimate of drug-likeness (QED) is 0.495. The smallest absolute Gasteiger partial charge is 0.235 e. The predicted octanol–water partition coefficient (Wildman–Crippen LogP) is 4.60. The van der Waals surface area contributed by atoms with Gasteiger partial charge in [0.05, 0.1) is 17.9 Å². The third kappa shape index (κ3) is 3.02. The maximum Gasteiger partial charge on any atom is 0.235 e. The molecule has 6 heteroatoms. The lowest BCUT2D eigenvalue weighted by Crippen LogP contribution is -2.49. The first-order valence-corrected chi connectivity index (χ1v) is 11.5. The third-order valence-electron chi connectivity index (χ3n) is 6.98. The minimum absolute atomic E-state index is 0.152. The van der Waals surface area contributed by atoms with Crippen molar-refractivity contribution < 1.29 is 14.4 Å². The predicted molar refractivity (Wildman–Crippen MR) is 125 cm³/mol. The van der Waals surface area contributed by atoms with Gasteiger partial charge in [-0.05, 0) is 49.2 Å². The van der Waals surface area contributed by atoms with Crippen LogP contribution in [0.4, 0.5) is 5.69 Å². The van der Waals surface area contributed by atoms with Gasteiger partial charge in [-0.3, -0.25) is 19.3 Å². The highest BCUT2D eigenvalue weighted by Crippen LogP contribution is 2.50. The van der Waals surface area contributed by atoms with Crippen molar-refractivity contribution in [1.82, 2.24) is 4.90 Å². The highest BCUT2D eigenvalue weighted by Gasteiger charge is 2.64. The monoisotopic (exact) mass is 448 g/mol. The van der Waals surface area contributed by atoms with E-state index in [1.54, 1.807) is 24.3 Å². The van der Waals surface area contributed by atoms with Crippen LogP contribution in [0.2, 0.25) is 5.02 Å². The van der Waals surface area contributed by atoms with Crippen LogP contribution < -0.4 is 4.90 Å². The molecule has 5 rings (SSSR count). The fraction of sp³-hybridized carbons (Fsp3) is 0.346. The number of halogens is 1. The fourth-order valence-electron chi connectivity index (χ4n) is 5.48. The molecule has 0 radical (unpaired) electrons. The Morgan fingerprint density at radius 1 is 1.00 bits per heavy atom. The first kappa shape index (κ1) is 21.0. The normalized spacial score (nSPS) is 26.0.